The Balaban J connectivity index is 1.74. The standard InChI is InChI=1S/C22H23ClN2O4S/c1-27-11-3-10-25-21(26)19(24-22(25)30)13-15-4-9-20(28-2)16(12-15)14-29-18-7-5-17(23)6-8-18/h4-9,12-13H,3,10-11,14H2,1-2H3,(H,24,30)/b19-13+. The van der Waals surface area contributed by atoms with E-state index >= 15 is 0 Å². The van der Waals surface area contributed by atoms with Gasteiger partial charge in [0.2, 0.25) is 0 Å². The normalized spacial score (nSPS) is 14.9. The molecule has 30 heavy (non-hydrogen) atoms. The molecular weight excluding hydrogens is 424 g/mol. The summed E-state index contributed by atoms with van der Waals surface area (Å²) in [5.41, 5.74) is 2.13. The van der Waals surface area contributed by atoms with Crippen molar-refractivity contribution in [3.05, 3.63) is 64.3 Å². The van der Waals surface area contributed by atoms with E-state index in [1.165, 1.54) is 0 Å². The number of halogens is 1. The van der Waals surface area contributed by atoms with Crippen LogP contribution in [0.15, 0.2) is 48.2 Å². The van der Waals surface area contributed by atoms with E-state index in [0.717, 1.165) is 11.1 Å². The molecule has 0 saturated carbocycles. The number of methoxy groups -OCH3 is 2. The number of carbonyl (C=O) groups excluding carboxylic acids is 1. The Hall–Kier alpha value is -2.61. The molecule has 2 aromatic carbocycles. The van der Waals surface area contributed by atoms with Crippen LogP contribution in [-0.4, -0.2) is 43.3 Å². The number of carbonyl (C=O) groups is 1. The van der Waals surface area contributed by atoms with Gasteiger partial charge in [-0.15, -0.1) is 0 Å². The predicted octanol–water partition coefficient (Wildman–Crippen LogP) is 4.02. The number of rotatable bonds is 9. The Labute approximate surface area is 186 Å². The van der Waals surface area contributed by atoms with Crippen molar-refractivity contribution < 1.29 is 19.0 Å². The Morgan fingerprint density at radius 1 is 1.17 bits per heavy atom. The maximum absolute atomic E-state index is 12.7. The summed E-state index contributed by atoms with van der Waals surface area (Å²) in [6.07, 6.45) is 2.49. The van der Waals surface area contributed by atoms with Crippen molar-refractivity contribution in [2.75, 3.05) is 27.4 Å². The molecule has 1 aliphatic heterocycles. The minimum atomic E-state index is -0.147. The lowest BCUT2D eigenvalue weighted by molar-refractivity contribution is -0.122. The number of amides is 1. The molecule has 0 atom stereocenters. The second-order valence-electron chi connectivity index (χ2n) is 6.61. The molecule has 0 bridgehead atoms. The summed E-state index contributed by atoms with van der Waals surface area (Å²) in [5, 5.41) is 4.05. The summed E-state index contributed by atoms with van der Waals surface area (Å²) >= 11 is 11.2. The van der Waals surface area contributed by atoms with Crippen LogP contribution < -0.4 is 14.8 Å². The topological polar surface area (TPSA) is 60.0 Å². The molecule has 1 fully saturated rings. The van der Waals surface area contributed by atoms with Crippen molar-refractivity contribution >= 4 is 40.9 Å². The SMILES string of the molecule is COCCCN1C(=O)/C(=C\c2ccc(OC)c(COc3ccc(Cl)cc3)c2)NC1=S. The molecule has 1 heterocycles. The number of nitrogens with one attached hydrogen (secondary N) is 1. The number of ether oxygens (including phenoxy) is 3. The molecule has 1 N–H and O–H groups in total. The highest BCUT2D eigenvalue weighted by Crippen LogP contribution is 2.25. The van der Waals surface area contributed by atoms with E-state index in [9.17, 15) is 4.79 Å². The Morgan fingerprint density at radius 3 is 2.63 bits per heavy atom. The Kier molecular flexibility index (Phi) is 7.68. The van der Waals surface area contributed by atoms with Crippen molar-refractivity contribution in [1.29, 1.82) is 0 Å². The van der Waals surface area contributed by atoms with Crippen LogP contribution in [-0.2, 0) is 16.1 Å². The van der Waals surface area contributed by atoms with Gasteiger partial charge in [-0.2, -0.15) is 0 Å². The van der Waals surface area contributed by atoms with E-state index in [1.54, 1.807) is 49.5 Å². The van der Waals surface area contributed by atoms with Crippen LogP contribution in [0.25, 0.3) is 6.08 Å². The molecule has 8 heteroatoms. The van der Waals surface area contributed by atoms with E-state index < -0.39 is 0 Å². The molecule has 6 nitrogen and oxygen atoms in total. The average Bonchev–Trinajstić information content (AvgIpc) is 3.01. The Morgan fingerprint density at radius 2 is 1.93 bits per heavy atom. The number of hydrogen-bond donors (Lipinski definition) is 1. The monoisotopic (exact) mass is 446 g/mol. The number of hydrogen-bond acceptors (Lipinski definition) is 5. The highest BCUT2D eigenvalue weighted by molar-refractivity contribution is 7.80. The van der Waals surface area contributed by atoms with Gasteiger partial charge in [0, 0.05) is 30.8 Å². The Bertz CT molecular complexity index is 947. The average molecular weight is 447 g/mol. The third-order valence-electron chi connectivity index (χ3n) is 4.52. The van der Waals surface area contributed by atoms with Gasteiger partial charge in [-0.05, 0) is 66.7 Å². The smallest absolute Gasteiger partial charge is 0.276 e. The van der Waals surface area contributed by atoms with Crippen molar-refractivity contribution in [2.45, 2.75) is 13.0 Å². The first-order valence-electron chi connectivity index (χ1n) is 9.40. The minimum absolute atomic E-state index is 0.147. The maximum Gasteiger partial charge on any atom is 0.276 e. The van der Waals surface area contributed by atoms with E-state index in [4.69, 9.17) is 38.0 Å². The minimum Gasteiger partial charge on any atom is -0.496 e. The fourth-order valence-electron chi connectivity index (χ4n) is 3.00. The quantitative estimate of drug-likeness (QED) is 0.356. The van der Waals surface area contributed by atoms with Crippen LogP contribution in [0.2, 0.25) is 5.02 Å². The summed E-state index contributed by atoms with van der Waals surface area (Å²) in [6.45, 7) is 1.39. The summed E-state index contributed by atoms with van der Waals surface area (Å²) in [5.74, 6) is 1.26. The van der Waals surface area contributed by atoms with Crippen molar-refractivity contribution in [2.24, 2.45) is 0 Å². The fourth-order valence-corrected chi connectivity index (χ4v) is 3.41. The lowest BCUT2D eigenvalue weighted by Gasteiger charge is -2.13. The van der Waals surface area contributed by atoms with Gasteiger partial charge in [0.25, 0.3) is 5.91 Å². The van der Waals surface area contributed by atoms with Crippen molar-refractivity contribution in [3.8, 4) is 11.5 Å². The third-order valence-corrected chi connectivity index (χ3v) is 5.09. The zero-order valence-electron chi connectivity index (χ0n) is 16.8. The summed E-state index contributed by atoms with van der Waals surface area (Å²) in [4.78, 5) is 14.2. The molecule has 2 aromatic rings. The highest BCUT2D eigenvalue weighted by atomic mass is 35.5. The van der Waals surface area contributed by atoms with Gasteiger partial charge in [0.05, 0.1) is 7.11 Å². The molecule has 0 spiro atoms. The molecule has 0 unspecified atom stereocenters. The number of benzene rings is 2. The molecule has 158 valence electrons. The second kappa shape index (κ2) is 10.4. The van der Waals surface area contributed by atoms with E-state index in [2.05, 4.69) is 5.32 Å². The molecule has 3 rings (SSSR count). The van der Waals surface area contributed by atoms with Gasteiger partial charge >= 0.3 is 0 Å². The van der Waals surface area contributed by atoms with Crippen molar-refractivity contribution in [1.82, 2.24) is 10.2 Å². The molecule has 1 saturated heterocycles. The third kappa shape index (κ3) is 5.50. The number of nitrogens with zero attached hydrogens (tertiary/aromatic N) is 1. The molecule has 0 radical (unpaired) electrons. The van der Waals surface area contributed by atoms with Gasteiger partial charge in [-0.1, -0.05) is 17.7 Å². The molecule has 1 amide bonds. The van der Waals surface area contributed by atoms with Gasteiger partial charge in [0.15, 0.2) is 5.11 Å². The molecule has 0 aliphatic carbocycles. The van der Waals surface area contributed by atoms with Crippen LogP contribution in [0.5, 0.6) is 11.5 Å². The lowest BCUT2D eigenvalue weighted by atomic mass is 10.1. The van der Waals surface area contributed by atoms with Crippen LogP contribution in [0.3, 0.4) is 0 Å². The highest BCUT2D eigenvalue weighted by Gasteiger charge is 2.30. The second-order valence-corrected chi connectivity index (χ2v) is 7.43. The van der Waals surface area contributed by atoms with Crippen molar-refractivity contribution in [3.63, 3.8) is 0 Å². The summed E-state index contributed by atoms with van der Waals surface area (Å²) < 4.78 is 16.3. The molecule has 0 aromatic heterocycles. The maximum atomic E-state index is 12.7. The van der Waals surface area contributed by atoms with Gasteiger partial charge < -0.3 is 19.5 Å². The van der Waals surface area contributed by atoms with Gasteiger partial charge in [-0.25, -0.2) is 0 Å². The fraction of sp³-hybridized carbons (Fsp3) is 0.273. The number of thiocarbonyl (C=S) groups is 1. The van der Waals surface area contributed by atoms with Gasteiger partial charge in [0.1, 0.15) is 23.8 Å². The predicted molar refractivity (Wildman–Crippen MR) is 121 cm³/mol. The van der Waals surface area contributed by atoms with Crippen LogP contribution >= 0.6 is 23.8 Å². The van der Waals surface area contributed by atoms with Crippen LogP contribution in [0.4, 0.5) is 0 Å². The van der Waals surface area contributed by atoms with Gasteiger partial charge in [-0.3, -0.25) is 9.69 Å². The summed E-state index contributed by atoms with van der Waals surface area (Å²) in [7, 11) is 3.24. The first-order chi connectivity index (χ1) is 14.5. The largest absolute Gasteiger partial charge is 0.496 e. The lowest BCUT2D eigenvalue weighted by Crippen LogP contribution is -2.32. The zero-order valence-corrected chi connectivity index (χ0v) is 18.4. The zero-order chi connectivity index (χ0) is 21.5. The van der Waals surface area contributed by atoms with E-state index in [1.807, 2.05) is 18.2 Å². The molecular formula is C22H23ClN2O4S. The van der Waals surface area contributed by atoms with E-state index in [0.29, 0.717) is 53.5 Å². The molecule has 1 aliphatic rings. The van der Waals surface area contributed by atoms with E-state index in [-0.39, 0.29) is 5.91 Å². The first kappa shape index (κ1) is 22.1. The summed E-state index contributed by atoms with van der Waals surface area (Å²) in [6, 6.07) is 12.8. The first-order valence-corrected chi connectivity index (χ1v) is 10.2. The van der Waals surface area contributed by atoms with Crippen LogP contribution in [0, 0.1) is 0 Å². The van der Waals surface area contributed by atoms with Crippen LogP contribution in [0.1, 0.15) is 17.5 Å².